The lowest BCUT2D eigenvalue weighted by atomic mass is 9.97. The lowest BCUT2D eigenvalue weighted by Crippen LogP contribution is -2.29. The van der Waals surface area contributed by atoms with Gasteiger partial charge in [0.05, 0.1) is 36.0 Å². The molecule has 7 nitrogen and oxygen atoms in total. The lowest BCUT2D eigenvalue weighted by molar-refractivity contribution is 0.0697. The number of rotatable bonds is 11. The molecule has 5 rings (SSSR count). The maximum atomic E-state index is 12.5. The minimum atomic E-state index is -3.55. The maximum Gasteiger partial charge on any atom is 0.335 e. The summed E-state index contributed by atoms with van der Waals surface area (Å²) in [4.78, 5) is 11.2. The first-order chi connectivity index (χ1) is 20.1. The molecule has 0 aliphatic carbocycles. The molecular formula is C33H31ClN2O5S. The molecule has 0 aliphatic heterocycles. The van der Waals surface area contributed by atoms with E-state index in [9.17, 15) is 18.3 Å². The number of nitrogens with one attached hydrogen (secondary N) is 1. The second-order valence-corrected chi connectivity index (χ2v) is 12.4. The molecule has 0 saturated heterocycles. The van der Waals surface area contributed by atoms with Gasteiger partial charge in [-0.15, -0.1) is 0 Å². The van der Waals surface area contributed by atoms with Crippen molar-refractivity contribution in [3.05, 3.63) is 136 Å². The van der Waals surface area contributed by atoms with Crippen LogP contribution >= 0.6 is 11.6 Å². The second kappa shape index (κ2) is 12.4. The maximum absolute atomic E-state index is 12.5. The van der Waals surface area contributed by atoms with Crippen molar-refractivity contribution in [2.45, 2.75) is 25.4 Å². The quantitative estimate of drug-likeness (QED) is 0.172. The minimum Gasteiger partial charge on any atom is -0.493 e. The summed E-state index contributed by atoms with van der Waals surface area (Å²) in [7, 11) is -3.55. The van der Waals surface area contributed by atoms with Crippen LogP contribution in [0.1, 0.15) is 51.7 Å². The fraction of sp³-hybridized carbons (Fsp3) is 0.182. The van der Waals surface area contributed by atoms with Gasteiger partial charge in [-0.1, -0.05) is 78.3 Å². The molecule has 0 fully saturated rings. The van der Waals surface area contributed by atoms with Gasteiger partial charge in [0.2, 0.25) is 10.0 Å². The molecule has 1 atom stereocenters. The molecule has 5 aromatic rings. The number of carboxylic acids is 1. The molecule has 9 heteroatoms. The van der Waals surface area contributed by atoms with Gasteiger partial charge in [0.25, 0.3) is 0 Å². The number of benzene rings is 4. The van der Waals surface area contributed by atoms with E-state index in [0.717, 1.165) is 39.5 Å². The third-order valence-corrected chi connectivity index (χ3v) is 8.14. The third kappa shape index (κ3) is 6.51. The lowest BCUT2D eigenvalue weighted by Gasteiger charge is -2.27. The van der Waals surface area contributed by atoms with E-state index < -0.39 is 22.0 Å². The zero-order valence-electron chi connectivity index (χ0n) is 23.2. The molecule has 1 heterocycles. The second-order valence-electron chi connectivity index (χ2n) is 10.2. The summed E-state index contributed by atoms with van der Waals surface area (Å²) in [6, 6.07) is 31.3. The summed E-state index contributed by atoms with van der Waals surface area (Å²) >= 11 is 6.56. The van der Waals surface area contributed by atoms with Gasteiger partial charge in [-0.2, -0.15) is 0 Å². The highest BCUT2D eigenvalue weighted by atomic mass is 35.5. The molecule has 0 radical (unpaired) electrons. The number of sulfonamides is 1. The molecule has 0 bridgehead atoms. The van der Waals surface area contributed by atoms with E-state index in [0.29, 0.717) is 17.2 Å². The van der Waals surface area contributed by atoms with Crippen molar-refractivity contribution in [3.63, 3.8) is 0 Å². The highest BCUT2D eigenvalue weighted by Crippen LogP contribution is 2.40. The van der Waals surface area contributed by atoms with E-state index in [2.05, 4.69) is 33.6 Å². The van der Waals surface area contributed by atoms with Crippen molar-refractivity contribution >= 4 is 38.5 Å². The number of nitrogens with zero attached hydrogens (tertiary/aromatic N) is 1. The number of aromatic nitrogens is 1. The summed E-state index contributed by atoms with van der Waals surface area (Å²) in [5.74, 6) is -0.460. The molecule has 1 unspecified atom stereocenters. The fourth-order valence-electron chi connectivity index (χ4n) is 5.49. The predicted octanol–water partition coefficient (Wildman–Crippen LogP) is 6.86. The first-order valence-corrected chi connectivity index (χ1v) is 15.7. The summed E-state index contributed by atoms with van der Waals surface area (Å²) in [6.45, 7) is 2.13. The Balaban J connectivity index is 1.68. The molecule has 0 amide bonds. The summed E-state index contributed by atoms with van der Waals surface area (Å²) in [5, 5.41) is 10.7. The van der Waals surface area contributed by atoms with Crippen LogP contribution in [0.3, 0.4) is 0 Å². The van der Waals surface area contributed by atoms with Crippen LogP contribution in [-0.4, -0.2) is 36.9 Å². The van der Waals surface area contributed by atoms with Crippen molar-refractivity contribution < 1.29 is 23.1 Å². The Morgan fingerprint density at radius 1 is 0.929 bits per heavy atom. The van der Waals surface area contributed by atoms with Crippen molar-refractivity contribution in [2.75, 3.05) is 12.9 Å². The molecule has 2 N–H and O–H groups in total. The van der Waals surface area contributed by atoms with Gasteiger partial charge in [-0.3, -0.25) is 0 Å². The van der Waals surface area contributed by atoms with E-state index in [-0.39, 0.29) is 18.2 Å². The van der Waals surface area contributed by atoms with E-state index in [1.54, 1.807) is 12.1 Å². The third-order valence-electron chi connectivity index (χ3n) is 7.13. The highest BCUT2D eigenvalue weighted by molar-refractivity contribution is 7.88. The van der Waals surface area contributed by atoms with Crippen LogP contribution in [0.2, 0.25) is 5.02 Å². The average molecular weight is 603 g/mol. The zero-order chi connectivity index (χ0) is 29.9. The Labute approximate surface area is 250 Å². The highest BCUT2D eigenvalue weighted by Gasteiger charge is 2.29. The molecule has 42 heavy (non-hydrogen) atoms. The van der Waals surface area contributed by atoms with E-state index in [1.165, 1.54) is 12.1 Å². The normalized spacial score (nSPS) is 12.5. The number of hydrogen-bond donors (Lipinski definition) is 2. The number of carbonyl (C=O) groups is 1. The molecule has 4 aromatic carbocycles. The van der Waals surface area contributed by atoms with Crippen LogP contribution < -0.4 is 9.46 Å². The number of aromatic carboxylic acids is 1. The minimum absolute atomic E-state index is 0.179. The van der Waals surface area contributed by atoms with Crippen molar-refractivity contribution in [2.24, 2.45) is 0 Å². The number of hydrogen-bond acceptors (Lipinski definition) is 4. The smallest absolute Gasteiger partial charge is 0.335 e. The summed E-state index contributed by atoms with van der Waals surface area (Å²) in [6.07, 6.45) is 1.62. The van der Waals surface area contributed by atoms with Gasteiger partial charge in [0.1, 0.15) is 5.75 Å². The Morgan fingerprint density at radius 3 is 2.07 bits per heavy atom. The van der Waals surface area contributed by atoms with E-state index in [1.807, 2.05) is 61.5 Å². The summed E-state index contributed by atoms with van der Waals surface area (Å²) < 4.78 is 36.0. The molecular weight excluding hydrogens is 572 g/mol. The SMILES string of the molecule is CC(NS(C)(=O)=O)c1c(CCOc2ccc(C(=O)O)cc2)c2ccc(Cl)cc2n1C(c1ccccc1)c1ccccc1. The predicted molar refractivity (Wildman–Crippen MR) is 166 cm³/mol. The number of ether oxygens (including phenoxy) is 1. The first kappa shape index (κ1) is 29.4. The monoisotopic (exact) mass is 602 g/mol. The van der Waals surface area contributed by atoms with Crippen molar-refractivity contribution in [1.29, 1.82) is 0 Å². The number of carboxylic acid groups (broad SMARTS) is 1. The Morgan fingerprint density at radius 2 is 1.52 bits per heavy atom. The molecule has 1 aromatic heterocycles. The van der Waals surface area contributed by atoms with Crippen LogP contribution in [0.5, 0.6) is 5.75 Å². The molecule has 0 aliphatic rings. The molecule has 216 valence electrons. The Hall–Kier alpha value is -4.11. The fourth-order valence-corrected chi connectivity index (χ4v) is 6.41. The van der Waals surface area contributed by atoms with Gasteiger partial charge in [-0.05, 0) is 60.0 Å². The van der Waals surface area contributed by atoms with E-state index >= 15 is 0 Å². The summed E-state index contributed by atoms with van der Waals surface area (Å²) in [5.41, 5.74) is 4.87. The van der Waals surface area contributed by atoms with Crippen molar-refractivity contribution in [3.8, 4) is 5.75 Å². The first-order valence-electron chi connectivity index (χ1n) is 13.5. The molecule has 0 spiro atoms. The topological polar surface area (TPSA) is 97.6 Å². The van der Waals surface area contributed by atoms with Gasteiger partial charge in [-0.25, -0.2) is 17.9 Å². The van der Waals surface area contributed by atoms with Gasteiger partial charge >= 0.3 is 5.97 Å². The van der Waals surface area contributed by atoms with Crippen molar-refractivity contribution in [1.82, 2.24) is 9.29 Å². The largest absolute Gasteiger partial charge is 0.493 e. The standard InChI is InChI=1S/C33H31ClN2O5S/c1-22(35-42(2,39)40)31-29(19-20-41-27-16-13-25(14-17-27)33(37)38)28-18-15-26(34)21-30(28)36(31)32(23-9-5-3-6-10-23)24-11-7-4-8-12-24/h3-18,21-22,32,35H,19-20H2,1-2H3,(H,37,38). The zero-order valence-corrected chi connectivity index (χ0v) is 24.8. The van der Waals surface area contributed by atoms with Gasteiger partial charge in [0, 0.05) is 22.5 Å². The van der Waals surface area contributed by atoms with Crippen LogP contribution in [-0.2, 0) is 16.4 Å². The molecule has 0 saturated carbocycles. The van der Waals surface area contributed by atoms with Crippen LogP contribution in [0.25, 0.3) is 10.9 Å². The van der Waals surface area contributed by atoms with Crippen LogP contribution in [0.4, 0.5) is 0 Å². The van der Waals surface area contributed by atoms with E-state index in [4.69, 9.17) is 16.3 Å². The number of halogens is 1. The Kier molecular flexibility index (Phi) is 8.68. The van der Waals surface area contributed by atoms with Crippen LogP contribution in [0.15, 0.2) is 103 Å². The van der Waals surface area contributed by atoms with Gasteiger partial charge in [0.15, 0.2) is 0 Å². The van der Waals surface area contributed by atoms with Gasteiger partial charge < -0.3 is 14.4 Å². The Bertz CT molecular complexity index is 1770. The number of fused-ring (bicyclic) bond motifs is 1. The average Bonchev–Trinajstić information content (AvgIpc) is 3.27. The van der Waals surface area contributed by atoms with Crippen LogP contribution in [0, 0.1) is 0 Å².